The highest BCUT2D eigenvalue weighted by atomic mass is 35.5. The highest BCUT2D eigenvalue weighted by molar-refractivity contribution is 7.99. The summed E-state index contributed by atoms with van der Waals surface area (Å²) in [6.45, 7) is 2.34. The molecule has 0 saturated carbocycles. The van der Waals surface area contributed by atoms with Gasteiger partial charge in [0.25, 0.3) is 5.22 Å². The Morgan fingerprint density at radius 1 is 1.55 bits per heavy atom. The van der Waals surface area contributed by atoms with Crippen molar-refractivity contribution in [3.05, 3.63) is 5.89 Å². The molecule has 0 saturated heterocycles. The molecule has 6 heteroatoms. The summed E-state index contributed by atoms with van der Waals surface area (Å²) < 4.78 is 5.09. The van der Waals surface area contributed by atoms with E-state index in [1.165, 1.54) is 11.8 Å². The monoisotopic (exact) mass is 194 g/mol. The van der Waals surface area contributed by atoms with E-state index in [2.05, 4.69) is 10.2 Å². The Balaban J connectivity index is 0.000001000. The van der Waals surface area contributed by atoms with E-state index in [1.54, 1.807) is 0 Å². The van der Waals surface area contributed by atoms with Crippen molar-refractivity contribution in [3.8, 4) is 0 Å². The molecule has 0 aliphatic carbocycles. The second-order valence-corrected chi connectivity index (χ2v) is 2.81. The number of rotatable bonds is 3. The lowest BCUT2D eigenvalue weighted by molar-refractivity contribution is -0.00000288. The van der Waals surface area contributed by atoms with E-state index in [4.69, 9.17) is 10.2 Å². The van der Waals surface area contributed by atoms with E-state index < -0.39 is 0 Å². The standard InChI is InChI=1S/C5H9N3OS.ClH/c1-2-10-5-8-7-4(3-6)9-5;/h2-3,6H2,1H3;1H/p-1. The zero-order valence-electron chi connectivity index (χ0n) is 6.08. The van der Waals surface area contributed by atoms with Crippen molar-refractivity contribution in [3.63, 3.8) is 0 Å². The van der Waals surface area contributed by atoms with Gasteiger partial charge in [0.05, 0.1) is 6.54 Å². The predicted molar refractivity (Wildman–Crippen MR) is 38.6 cm³/mol. The molecular formula is C5H9ClN3OS-. The summed E-state index contributed by atoms with van der Waals surface area (Å²) in [6, 6.07) is 0. The summed E-state index contributed by atoms with van der Waals surface area (Å²) in [5.74, 6) is 1.43. The minimum absolute atomic E-state index is 0. The molecule has 0 aliphatic heterocycles. The van der Waals surface area contributed by atoms with Crippen molar-refractivity contribution in [1.82, 2.24) is 10.2 Å². The largest absolute Gasteiger partial charge is 1.00 e. The van der Waals surface area contributed by atoms with Gasteiger partial charge in [0.1, 0.15) is 0 Å². The maximum atomic E-state index is 5.25. The Morgan fingerprint density at radius 2 is 2.27 bits per heavy atom. The zero-order chi connectivity index (χ0) is 7.40. The SMILES string of the molecule is CCSc1nnc(CN)o1.[Cl-]. The summed E-state index contributed by atoms with van der Waals surface area (Å²) in [7, 11) is 0. The normalized spacial score (nSPS) is 9.27. The van der Waals surface area contributed by atoms with Gasteiger partial charge in [-0.3, -0.25) is 0 Å². The second-order valence-electron chi connectivity index (χ2n) is 1.60. The zero-order valence-corrected chi connectivity index (χ0v) is 7.65. The van der Waals surface area contributed by atoms with Crippen LogP contribution in [0.15, 0.2) is 9.64 Å². The van der Waals surface area contributed by atoms with E-state index in [9.17, 15) is 0 Å². The molecule has 1 heterocycles. The molecule has 0 fully saturated rings. The first kappa shape index (κ1) is 10.7. The molecular weight excluding hydrogens is 186 g/mol. The number of thioether (sulfide) groups is 1. The molecule has 0 radical (unpaired) electrons. The summed E-state index contributed by atoms with van der Waals surface area (Å²) in [6.07, 6.45) is 0. The summed E-state index contributed by atoms with van der Waals surface area (Å²) in [5.41, 5.74) is 5.25. The van der Waals surface area contributed by atoms with E-state index in [1.807, 2.05) is 6.92 Å². The molecule has 0 atom stereocenters. The van der Waals surface area contributed by atoms with Crippen LogP contribution in [-0.2, 0) is 6.54 Å². The van der Waals surface area contributed by atoms with Crippen LogP contribution in [0.3, 0.4) is 0 Å². The van der Waals surface area contributed by atoms with Crippen molar-refractivity contribution in [2.24, 2.45) is 5.73 Å². The van der Waals surface area contributed by atoms with Crippen molar-refractivity contribution in [2.45, 2.75) is 18.7 Å². The fourth-order valence-corrected chi connectivity index (χ4v) is 1.00. The second kappa shape index (κ2) is 5.40. The molecule has 4 nitrogen and oxygen atoms in total. The topological polar surface area (TPSA) is 64.9 Å². The van der Waals surface area contributed by atoms with Crippen LogP contribution in [-0.4, -0.2) is 16.0 Å². The molecule has 1 aromatic rings. The van der Waals surface area contributed by atoms with Gasteiger partial charge in [-0.05, 0) is 5.75 Å². The highest BCUT2D eigenvalue weighted by Gasteiger charge is 2.01. The van der Waals surface area contributed by atoms with Gasteiger partial charge in [0.15, 0.2) is 0 Å². The third-order valence-electron chi connectivity index (χ3n) is 0.891. The molecule has 0 spiro atoms. The van der Waals surface area contributed by atoms with Crippen LogP contribution in [0.1, 0.15) is 12.8 Å². The first-order chi connectivity index (χ1) is 4.86. The number of nitrogens with zero attached hydrogens (tertiary/aromatic N) is 2. The van der Waals surface area contributed by atoms with Gasteiger partial charge in [0.2, 0.25) is 5.89 Å². The maximum absolute atomic E-state index is 5.25. The molecule has 1 aromatic heterocycles. The van der Waals surface area contributed by atoms with Crippen molar-refractivity contribution < 1.29 is 16.8 Å². The minimum atomic E-state index is 0. The average Bonchev–Trinajstić information content (AvgIpc) is 2.37. The van der Waals surface area contributed by atoms with Crippen LogP contribution in [0.5, 0.6) is 0 Å². The third kappa shape index (κ3) is 3.09. The lowest BCUT2D eigenvalue weighted by atomic mass is 10.7. The Bertz CT molecular complexity index is 205. The van der Waals surface area contributed by atoms with Gasteiger partial charge in [0, 0.05) is 0 Å². The number of hydrogen-bond acceptors (Lipinski definition) is 5. The number of hydrogen-bond donors (Lipinski definition) is 1. The quantitative estimate of drug-likeness (QED) is 0.546. The van der Waals surface area contributed by atoms with Gasteiger partial charge in [-0.25, -0.2) is 0 Å². The van der Waals surface area contributed by atoms with Gasteiger partial charge in [-0.1, -0.05) is 18.7 Å². The molecule has 0 amide bonds. The first-order valence-electron chi connectivity index (χ1n) is 3.02. The van der Waals surface area contributed by atoms with Crippen LogP contribution in [0, 0.1) is 0 Å². The molecule has 1 rings (SSSR count). The van der Waals surface area contributed by atoms with E-state index in [0.29, 0.717) is 17.7 Å². The van der Waals surface area contributed by atoms with Crippen molar-refractivity contribution >= 4 is 11.8 Å². The Labute approximate surface area is 75.3 Å². The number of nitrogens with two attached hydrogens (primary N) is 1. The van der Waals surface area contributed by atoms with Crippen LogP contribution in [0.4, 0.5) is 0 Å². The van der Waals surface area contributed by atoms with Crippen LogP contribution in [0.2, 0.25) is 0 Å². The Kier molecular flexibility index (Phi) is 5.27. The van der Waals surface area contributed by atoms with E-state index in [0.717, 1.165) is 5.75 Å². The van der Waals surface area contributed by atoms with Crippen LogP contribution >= 0.6 is 11.8 Å². The highest BCUT2D eigenvalue weighted by Crippen LogP contribution is 2.14. The molecule has 2 N–H and O–H groups in total. The smallest absolute Gasteiger partial charge is 0.276 e. The Morgan fingerprint density at radius 3 is 2.73 bits per heavy atom. The van der Waals surface area contributed by atoms with E-state index in [-0.39, 0.29) is 12.4 Å². The average molecular weight is 195 g/mol. The summed E-state index contributed by atoms with van der Waals surface area (Å²) >= 11 is 1.52. The molecule has 11 heavy (non-hydrogen) atoms. The fraction of sp³-hybridized carbons (Fsp3) is 0.600. The summed E-state index contributed by atoms with van der Waals surface area (Å²) in [4.78, 5) is 0. The minimum Gasteiger partial charge on any atom is -1.00 e. The first-order valence-corrected chi connectivity index (χ1v) is 4.00. The molecule has 0 aromatic carbocycles. The lowest BCUT2D eigenvalue weighted by Crippen LogP contribution is -3.00. The summed E-state index contributed by atoms with van der Waals surface area (Å²) in [5, 5.41) is 8.03. The molecule has 64 valence electrons. The van der Waals surface area contributed by atoms with Gasteiger partial charge in [-0.15, -0.1) is 10.2 Å². The van der Waals surface area contributed by atoms with Gasteiger partial charge in [-0.2, -0.15) is 0 Å². The van der Waals surface area contributed by atoms with E-state index >= 15 is 0 Å². The molecule has 0 bridgehead atoms. The maximum Gasteiger partial charge on any atom is 0.276 e. The molecule has 0 aliphatic rings. The lowest BCUT2D eigenvalue weighted by Gasteiger charge is -1.84. The van der Waals surface area contributed by atoms with Crippen LogP contribution < -0.4 is 18.1 Å². The number of aromatic nitrogens is 2. The molecule has 0 unspecified atom stereocenters. The van der Waals surface area contributed by atoms with Crippen molar-refractivity contribution in [2.75, 3.05) is 5.75 Å². The number of halogens is 1. The predicted octanol–water partition coefficient (Wildman–Crippen LogP) is -2.36. The third-order valence-corrected chi connectivity index (χ3v) is 1.59. The van der Waals surface area contributed by atoms with Gasteiger partial charge < -0.3 is 22.6 Å². The van der Waals surface area contributed by atoms with Crippen molar-refractivity contribution in [1.29, 1.82) is 0 Å². The van der Waals surface area contributed by atoms with Crippen LogP contribution in [0.25, 0.3) is 0 Å². The fourth-order valence-electron chi connectivity index (χ4n) is 0.502. The van der Waals surface area contributed by atoms with Gasteiger partial charge >= 0.3 is 0 Å². The Hall–Kier alpha value is -0.260.